The Kier molecular flexibility index (Phi) is 6.51. The molecule has 2 nitrogen and oxygen atoms in total. The zero-order valence-corrected chi connectivity index (χ0v) is 5.55. The summed E-state index contributed by atoms with van der Waals surface area (Å²) >= 11 is 1.40. The zero-order valence-electron chi connectivity index (χ0n) is 4.73. The molecular weight excluding hydrogens is 110 g/mol. The summed E-state index contributed by atoms with van der Waals surface area (Å²) in [6.07, 6.45) is 1.91. The zero-order chi connectivity index (χ0) is 5.54. The molecule has 0 aromatic rings. The second kappa shape index (κ2) is 6.27. The summed E-state index contributed by atoms with van der Waals surface area (Å²) in [5.74, 6) is 0. The molecular formula is C4H11NOS. The van der Waals surface area contributed by atoms with Crippen LogP contribution in [0.5, 0.6) is 0 Å². The standard InChI is InChI=1S/C4H11NOS/c1-5-3-4-6-7-2/h5H,3-4H2,1-2H3. The van der Waals surface area contributed by atoms with E-state index in [1.54, 1.807) is 0 Å². The van der Waals surface area contributed by atoms with Crippen LogP contribution in [-0.2, 0) is 4.18 Å². The van der Waals surface area contributed by atoms with Crippen LogP contribution in [0.25, 0.3) is 0 Å². The van der Waals surface area contributed by atoms with Crippen LogP contribution in [-0.4, -0.2) is 26.5 Å². The van der Waals surface area contributed by atoms with E-state index in [0.717, 1.165) is 13.2 Å². The van der Waals surface area contributed by atoms with Gasteiger partial charge in [0, 0.05) is 12.8 Å². The Bertz CT molecular complexity index is 30.9. The van der Waals surface area contributed by atoms with Gasteiger partial charge in [0.25, 0.3) is 0 Å². The molecule has 0 aliphatic heterocycles. The maximum Gasteiger partial charge on any atom is 0.0738 e. The van der Waals surface area contributed by atoms with E-state index < -0.39 is 0 Å². The van der Waals surface area contributed by atoms with Crippen LogP contribution < -0.4 is 5.32 Å². The minimum absolute atomic E-state index is 0.789. The van der Waals surface area contributed by atoms with Gasteiger partial charge in [-0.1, -0.05) is 0 Å². The fourth-order valence-corrected chi connectivity index (χ4v) is 0.477. The monoisotopic (exact) mass is 121 g/mol. The smallest absolute Gasteiger partial charge is 0.0738 e. The van der Waals surface area contributed by atoms with Crippen LogP contribution in [0.3, 0.4) is 0 Å². The Morgan fingerprint density at radius 2 is 2.43 bits per heavy atom. The van der Waals surface area contributed by atoms with E-state index in [1.165, 1.54) is 12.0 Å². The lowest BCUT2D eigenvalue weighted by Gasteiger charge is -1.94. The van der Waals surface area contributed by atoms with Crippen molar-refractivity contribution < 1.29 is 4.18 Å². The lowest BCUT2D eigenvalue weighted by Crippen LogP contribution is -2.11. The quantitative estimate of drug-likeness (QED) is 0.432. The number of hydrogen-bond donors (Lipinski definition) is 1. The lowest BCUT2D eigenvalue weighted by atomic mass is 10.7. The fourth-order valence-electron chi connectivity index (χ4n) is 0.227. The SMILES string of the molecule is CNCCOSC. The predicted molar refractivity (Wildman–Crippen MR) is 33.4 cm³/mol. The van der Waals surface area contributed by atoms with E-state index in [2.05, 4.69) is 5.32 Å². The number of hydrogen-bond acceptors (Lipinski definition) is 3. The Morgan fingerprint density at radius 3 is 2.86 bits per heavy atom. The van der Waals surface area contributed by atoms with Crippen molar-refractivity contribution in [3.63, 3.8) is 0 Å². The molecule has 0 amide bonds. The van der Waals surface area contributed by atoms with Crippen molar-refractivity contribution in [2.45, 2.75) is 0 Å². The summed E-state index contributed by atoms with van der Waals surface area (Å²) < 4.78 is 4.93. The molecule has 0 heterocycles. The molecule has 0 unspecified atom stereocenters. The van der Waals surface area contributed by atoms with Gasteiger partial charge in [0.2, 0.25) is 0 Å². The van der Waals surface area contributed by atoms with E-state index in [9.17, 15) is 0 Å². The summed E-state index contributed by atoms with van der Waals surface area (Å²) in [4.78, 5) is 0. The molecule has 1 N–H and O–H groups in total. The van der Waals surface area contributed by atoms with Crippen LogP contribution in [0.15, 0.2) is 0 Å². The van der Waals surface area contributed by atoms with E-state index in [0.29, 0.717) is 0 Å². The van der Waals surface area contributed by atoms with Crippen molar-refractivity contribution >= 4 is 12.0 Å². The summed E-state index contributed by atoms with van der Waals surface area (Å²) in [5.41, 5.74) is 0. The highest BCUT2D eigenvalue weighted by atomic mass is 32.2. The molecule has 0 atom stereocenters. The molecule has 0 spiro atoms. The minimum atomic E-state index is 0.789. The second-order valence-corrected chi connectivity index (χ2v) is 1.66. The molecule has 3 heteroatoms. The van der Waals surface area contributed by atoms with Crippen molar-refractivity contribution in [2.75, 3.05) is 26.5 Å². The number of rotatable bonds is 4. The maximum atomic E-state index is 4.93. The van der Waals surface area contributed by atoms with Crippen LogP contribution in [0, 0.1) is 0 Å². The Labute approximate surface area is 48.8 Å². The maximum absolute atomic E-state index is 4.93. The molecule has 44 valence electrons. The Morgan fingerprint density at radius 1 is 1.71 bits per heavy atom. The second-order valence-electron chi connectivity index (χ2n) is 1.09. The highest BCUT2D eigenvalue weighted by molar-refractivity contribution is 7.93. The molecule has 0 aromatic carbocycles. The average molecular weight is 121 g/mol. The van der Waals surface area contributed by atoms with Gasteiger partial charge in [-0.25, -0.2) is 0 Å². The first-order valence-electron chi connectivity index (χ1n) is 2.22. The highest BCUT2D eigenvalue weighted by Gasteiger charge is 1.78. The molecule has 0 aromatic heterocycles. The van der Waals surface area contributed by atoms with Gasteiger partial charge >= 0.3 is 0 Å². The third kappa shape index (κ3) is 6.27. The highest BCUT2D eigenvalue weighted by Crippen LogP contribution is 1.90. The lowest BCUT2D eigenvalue weighted by molar-refractivity contribution is 0.375. The van der Waals surface area contributed by atoms with E-state index in [4.69, 9.17) is 4.18 Å². The first-order chi connectivity index (χ1) is 3.41. The van der Waals surface area contributed by atoms with Gasteiger partial charge in [0.1, 0.15) is 0 Å². The Hall–Kier alpha value is 0.270. The van der Waals surface area contributed by atoms with Crippen molar-refractivity contribution in [3.8, 4) is 0 Å². The van der Waals surface area contributed by atoms with Crippen molar-refractivity contribution in [3.05, 3.63) is 0 Å². The van der Waals surface area contributed by atoms with Crippen LogP contribution >= 0.6 is 12.0 Å². The van der Waals surface area contributed by atoms with Gasteiger partial charge in [0.05, 0.1) is 6.61 Å². The fraction of sp³-hybridized carbons (Fsp3) is 1.00. The van der Waals surface area contributed by atoms with E-state index >= 15 is 0 Å². The molecule has 0 fully saturated rings. The third-order valence-corrected chi connectivity index (χ3v) is 0.956. The van der Waals surface area contributed by atoms with Crippen LogP contribution in [0.1, 0.15) is 0 Å². The van der Waals surface area contributed by atoms with E-state index in [1.807, 2.05) is 13.3 Å². The number of nitrogens with one attached hydrogen (secondary N) is 1. The summed E-state index contributed by atoms with van der Waals surface area (Å²) in [5, 5.41) is 2.96. The molecule has 7 heavy (non-hydrogen) atoms. The summed E-state index contributed by atoms with van der Waals surface area (Å²) in [7, 11) is 1.91. The predicted octanol–water partition coefficient (Wildman–Crippen LogP) is 0.500. The topological polar surface area (TPSA) is 21.3 Å². The van der Waals surface area contributed by atoms with Crippen molar-refractivity contribution in [1.29, 1.82) is 0 Å². The molecule has 0 bridgehead atoms. The normalized spacial score (nSPS) is 9.43. The van der Waals surface area contributed by atoms with Gasteiger partial charge in [-0.15, -0.1) is 0 Å². The molecule has 0 rings (SSSR count). The van der Waals surface area contributed by atoms with E-state index in [-0.39, 0.29) is 0 Å². The van der Waals surface area contributed by atoms with Gasteiger partial charge in [-0.2, -0.15) is 0 Å². The third-order valence-electron chi connectivity index (χ3n) is 0.553. The largest absolute Gasteiger partial charge is 0.317 e. The van der Waals surface area contributed by atoms with Gasteiger partial charge in [0.15, 0.2) is 0 Å². The molecule has 0 saturated carbocycles. The molecule has 0 aliphatic carbocycles. The molecule has 0 radical (unpaired) electrons. The van der Waals surface area contributed by atoms with Crippen molar-refractivity contribution in [2.24, 2.45) is 0 Å². The average Bonchev–Trinajstić information content (AvgIpc) is 1.69. The van der Waals surface area contributed by atoms with Crippen LogP contribution in [0.2, 0.25) is 0 Å². The summed E-state index contributed by atoms with van der Waals surface area (Å²) in [6.45, 7) is 1.72. The first kappa shape index (κ1) is 7.27. The molecule has 0 saturated heterocycles. The Balaban J connectivity index is 2.45. The number of likely N-dealkylation sites (N-methyl/N-ethyl adjacent to an activating group) is 1. The minimum Gasteiger partial charge on any atom is -0.317 e. The van der Waals surface area contributed by atoms with Crippen molar-refractivity contribution in [1.82, 2.24) is 5.32 Å². The van der Waals surface area contributed by atoms with Gasteiger partial charge in [-0.05, 0) is 19.1 Å². The molecule has 0 aliphatic rings. The van der Waals surface area contributed by atoms with Crippen LogP contribution in [0.4, 0.5) is 0 Å². The summed E-state index contributed by atoms with van der Waals surface area (Å²) in [6, 6.07) is 0. The first-order valence-corrected chi connectivity index (χ1v) is 3.37. The van der Waals surface area contributed by atoms with Gasteiger partial charge < -0.3 is 9.50 Å². The van der Waals surface area contributed by atoms with Gasteiger partial charge in [-0.3, -0.25) is 0 Å².